The monoisotopic (exact) mass is 324 g/mol. The molecule has 3 heterocycles. The molecule has 1 saturated heterocycles. The highest BCUT2D eigenvalue weighted by molar-refractivity contribution is 5.63. The predicted octanol–water partition coefficient (Wildman–Crippen LogP) is 2.61. The van der Waals surface area contributed by atoms with E-state index in [-0.39, 0.29) is 19.0 Å². The van der Waals surface area contributed by atoms with Crippen LogP contribution in [0.4, 0.5) is 19.1 Å². The number of pyridine rings is 1. The first-order chi connectivity index (χ1) is 10.9. The third-order valence-electron chi connectivity index (χ3n) is 3.98. The van der Waals surface area contributed by atoms with Crippen LogP contribution < -0.4 is 4.90 Å². The number of alkyl halides is 3. The van der Waals surface area contributed by atoms with Crippen LogP contribution in [0.3, 0.4) is 0 Å². The lowest BCUT2D eigenvalue weighted by Gasteiger charge is -2.49. The van der Waals surface area contributed by atoms with E-state index in [1.54, 1.807) is 24.7 Å². The van der Waals surface area contributed by atoms with Crippen LogP contribution in [0.1, 0.15) is 5.56 Å². The third kappa shape index (κ3) is 2.63. The zero-order valence-electron chi connectivity index (χ0n) is 12.6. The molecular weight excluding hydrogens is 309 g/mol. The second-order valence-corrected chi connectivity index (χ2v) is 5.50. The van der Waals surface area contributed by atoms with E-state index in [1.165, 1.54) is 4.90 Å². The van der Waals surface area contributed by atoms with Gasteiger partial charge in [0.1, 0.15) is 0 Å². The standard InChI is InChI=1S/C15H15F3N4O/c1-10-6-20-13(21-12(10)11-4-3-5-19-7-11)22-8-14(9-22,23-2)15(16,17)18/h3-7H,8-9H2,1-2H3. The molecule has 0 saturated carbocycles. The van der Waals surface area contributed by atoms with Crippen LogP contribution >= 0.6 is 0 Å². The van der Waals surface area contributed by atoms with Crippen molar-refractivity contribution in [1.29, 1.82) is 0 Å². The summed E-state index contributed by atoms with van der Waals surface area (Å²) < 4.78 is 43.9. The van der Waals surface area contributed by atoms with Crippen LogP contribution in [0.5, 0.6) is 0 Å². The van der Waals surface area contributed by atoms with Gasteiger partial charge in [-0.2, -0.15) is 13.2 Å². The Labute approximate surface area is 131 Å². The quantitative estimate of drug-likeness (QED) is 0.869. The average Bonchev–Trinajstić information content (AvgIpc) is 2.47. The van der Waals surface area contributed by atoms with Crippen molar-refractivity contribution in [1.82, 2.24) is 15.0 Å². The SMILES string of the molecule is COC1(C(F)(F)F)CN(c2ncc(C)c(-c3cccnc3)n2)C1. The highest BCUT2D eigenvalue weighted by Gasteiger charge is 2.63. The molecule has 0 unspecified atom stereocenters. The number of nitrogens with zero attached hydrogens (tertiary/aromatic N) is 4. The van der Waals surface area contributed by atoms with Gasteiger partial charge in [0.2, 0.25) is 5.95 Å². The van der Waals surface area contributed by atoms with E-state index >= 15 is 0 Å². The van der Waals surface area contributed by atoms with E-state index in [0.29, 0.717) is 5.69 Å². The van der Waals surface area contributed by atoms with Gasteiger partial charge in [-0.15, -0.1) is 0 Å². The molecule has 0 amide bonds. The Bertz CT molecular complexity index is 700. The Morgan fingerprint density at radius 2 is 2.00 bits per heavy atom. The summed E-state index contributed by atoms with van der Waals surface area (Å²) in [5.74, 6) is 0.256. The van der Waals surface area contributed by atoms with Gasteiger partial charge in [-0.1, -0.05) is 0 Å². The smallest absolute Gasteiger partial charge is 0.365 e. The Balaban J connectivity index is 1.87. The molecule has 0 N–H and O–H groups in total. The van der Waals surface area contributed by atoms with Crippen LogP contribution in [0.2, 0.25) is 0 Å². The number of methoxy groups -OCH3 is 1. The molecule has 2 aromatic heterocycles. The van der Waals surface area contributed by atoms with Crippen molar-refractivity contribution in [2.45, 2.75) is 18.7 Å². The summed E-state index contributed by atoms with van der Waals surface area (Å²) in [5.41, 5.74) is 0.138. The van der Waals surface area contributed by atoms with Crippen LogP contribution in [0.15, 0.2) is 30.7 Å². The van der Waals surface area contributed by atoms with Gasteiger partial charge in [-0.05, 0) is 24.6 Å². The summed E-state index contributed by atoms with van der Waals surface area (Å²) in [4.78, 5) is 14.0. The van der Waals surface area contributed by atoms with Gasteiger partial charge in [0, 0.05) is 31.3 Å². The molecule has 1 aliphatic heterocycles. The van der Waals surface area contributed by atoms with Crippen molar-refractivity contribution in [3.8, 4) is 11.3 Å². The third-order valence-corrected chi connectivity index (χ3v) is 3.98. The molecule has 0 bridgehead atoms. The van der Waals surface area contributed by atoms with Crippen LogP contribution in [-0.4, -0.2) is 46.9 Å². The highest BCUT2D eigenvalue weighted by atomic mass is 19.4. The maximum absolute atomic E-state index is 13.1. The number of hydrogen-bond donors (Lipinski definition) is 0. The number of halogens is 3. The minimum Gasteiger partial charge on any atom is -0.365 e. The van der Waals surface area contributed by atoms with Crippen LogP contribution in [0.25, 0.3) is 11.3 Å². The number of anilines is 1. The second-order valence-electron chi connectivity index (χ2n) is 5.50. The molecule has 0 radical (unpaired) electrons. The van der Waals surface area contributed by atoms with Gasteiger partial charge in [0.15, 0.2) is 5.60 Å². The number of aryl methyl sites for hydroxylation is 1. The van der Waals surface area contributed by atoms with Crippen molar-refractivity contribution in [2.75, 3.05) is 25.1 Å². The normalized spacial score (nSPS) is 17.0. The molecule has 23 heavy (non-hydrogen) atoms. The molecule has 2 aromatic rings. The van der Waals surface area contributed by atoms with Gasteiger partial charge >= 0.3 is 6.18 Å². The molecular formula is C15H15F3N4O. The summed E-state index contributed by atoms with van der Waals surface area (Å²) >= 11 is 0. The minimum atomic E-state index is -4.42. The van der Waals surface area contributed by atoms with E-state index in [2.05, 4.69) is 15.0 Å². The second kappa shape index (κ2) is 5.45. The van der Waals surface area contributed by atoms with Gasteiger partial charge in [-0.3, -0.25) is 4.98 Å². The summed E-state index contributed by atoms with van der Waals surface area (Å²) in [6.45, 7) is 1.21. The van der Waals surface area contributed by atoms with Crippen molar-refractivity contribution in [3.63, 3.8) is 0 Å². The van der Waals surface area contributed by atoms with E-state index in [4.69, 9.17) is 4.74 Å². The number of hydrogen-bond acceptors (Lipinski definition) is 5. The fourth-order valence-electron chi connectivity index (χ4n) is 2.52. The summed E-state index contributed by atoms with van der Waals surface area (Å²) in [7, 11) is 1.07. The van der Waals surface area contributed by atoms with Crippen molar-refractivity contribution < 1.29 is 17.9 Å². The van der Waals surface area contributed by atoms with Crippen molar-refractivity contribution in [3.05, 3.63) is 36.3 Å². The van der Waals surface area contributed by atoms with E-state index < -0.39 is 11.8 Å². The summed E-state index contributed by atoms with van der Waals surface area (Å²) in [6, 6.07) is 3.62. The molecule has 0 atom stereocenters. The lowest BCUT2D eigenvalue weighted by atomic mass is 9.93. The molecule has 1 aliphatic rings. The van der Waals surface area contributed by atoms with Gasteiger partial charge in [-0.25, -0.2) is 9.97 Å². The zero-order chi connectivity index (χ0) is 16.7. The van der Waals surface area contributed by atoms with Crippen molar-refractivity contribution in [2.24, 2.45) is 0 Å². The minimum absolute atomic E-state index is 0.256. The number of ether oxygens (including phenoxy) is 1. The fraction of sp³-hybridized carbons (Fsp3) is 0.400. The van der Waals surface area contributed by atoms with Crippen molar-refractivity contribution >= 4 is 5.95 Å². The lowest BCUT2D eigenvalue weighted by Crippen LogP contribution is -2.70. The lowest BCUT2D eigenvalue weighted by molar-refractivity contribution is -0.277. The van der Waals surface area contributed by atoms with E-state index in [0.717, 1.165) is 18.2 Å². The average molecular weight is 324 g/mol. The maximum atomic E-state index is 13.1. The first-order valence-corrected chi connectivity index (χ1v) is 6.97. The van der Waals surface area contributed by atoms with Crippen LogP contribution in [0, 0.1) is 6.92 Å². The molecule has 5 nitrogen and oxygen atoms in total. The zero-order valence-corrected chi connectivity index (χ0v) is 12.6. The Morgan fingerprint density at radius 3 is 2.57 bits per heavy atom. The largest absolute Gasteiger partial charge is 0.420 e. The number of aromatic nitrogens is 3. The maximum Gasteiger partial charge on any atom is 0.420 e. The summed E-state index contributed by atoms with van der Waals surface area (Å²) in [6.07, 6.45) is 0.483. The molecule has 0 aliphatic carbocycles. The van der Waals surface area contributed by atoms with E-state index in [9.17, 15) is 13.2 Å². The van der Waals surface area contributed by atoms with Crippen LogP contribution in [-0.2, 0) is 4.74 Å². The molecule has 1 fully saturated rings. The molecule has 8 heteroatoms. The molecule has 122 valence electrons. The topological polar surface area (TPSA) is 51.1 Å². The fourth-order valence-corrected chi connectivity index (χ4v) is 2.52. The first-order valence-electron chi connectivity index (χ1n) is 6.97. The van der Waals surface area contributed by atoms with E-state index in [1.807, 2.05) is 13.0 Å². The predicted molar refractivity (Wildman–Crippen MR) is 78.0 cm³/mol. The molecule has 0 spiro atoms. The van der Waals surface area contributed by atoms with Gasteiger partial charge in [0.05, 0.1) is 18.8 Å². The van der Waals surface area contributed by atoms with Gasteiger partial charge in [0.25, 0.3) is 0 Å². The molecule has 0 aromatic carbocycles. The van der Waals surface area contributed by atoms with Gasteiger partial charge < -0.3 is 9.64 Å². The Kier molecular flexibility index (Phi) is 3.71. The Morgan fingerprint density at radius 1 is 1.26 bits per heavy atom. The first kappa shape index (κ1) is 15.7. The number of rotatable bonds is 3. The summed E-state index contributed by atoms with van der Waals surface area (Å²) in [5, 5.41) is 0. The Hall–Kier alpha value is -2.22. The molecule has 3 rings (SSSR count). The highest BCUT2D eigenvalue weighted by Crippen LogP contribution is 2.41.